The zero-order valence-electron chi connectivity index (χ0n) is 10.0. The molecule has 1 atom stereocenters. The first kappa shape index (κ1) is 11.9. The lowest BCUT2D eigenvalue weighted by molar-refractivity contribution is 0.0708. The number of rotatable bonds is 1. The molecule has 0 aliphatic carbocycles. The standard InChI is InChI=1S/C13H18N2O2/c1-9-7-10(4-5-12(9)16)13(17)15-6-2-3-11(14)8-15/h4-5,7,11,16H,2-3,6,8,14H2,1H3/t11-/m1/s1. The van der Waals surface area contributed by atoms with Crippen LogP contribution in [-0.2, 0) is 0 Å². The molecule has 92 valence electrons. The summed E-state index contributed by atoms with van der Waals surface area (Å²) in [4.78, 5) is 14.0. The average molecular weight is 234 g/mol. The molecule has 1 saturated heterocycles. The first-order valence-electron chi connectivity index (χ1n) is 5.92. The molecular weight excluding hydrogens is 216 g/mol. The molecule has 0 spiro atoms. The van der Waals surface area contributed by atoms with Crippen molar-refractivity contribution < 1.29 is 9.90 Å². The average Bonchev–Trinajstić information content (AvgIpc) is 2.32. The van der Waals surface area contributed by atoms with Gasteiger partial charge in [-0.1, -0.05) is 0 Å². The van der Waals surface area contributed by atoms with E-state index in [-0.39, 0.29) is 17.7 Å². The van der Waals surface area contributed by atoms with Crippen molar-refractivity contribution in [3.05, 3.63) is 29.3 Å². The molecular formula is C13H18N2O2. The number of nitrogens with zero attached hydrogens (tertiary/aromatic N) is 1. The van der Waals surface area contributed by atoms with Crippen LogP contribution in [0.15, 0.2) is 18.2 Å². The van der Waals surface area contributed by atoms with Crippen LogP contribution >= 0.6 is 0 Å². The topological polar surface area (TPSA) is 66.6 Å². The Morgan fingerprint density at radius 1 is 1.53 bits per heavy atom. The van der Waals surface area contributed by atoms with Crippen molar-refractivity contribution in [2.75, 3.05) is 13.1 Å². The molecule has 2 rings (SSSR count). The molecule has 0 aromatic heterocycles. The number of phenols is 1. The number of hydrogen-bond donors (Lipinski definition) is 2. The van der Waals surface area contributed by atoms with Crippen molar-refractivity contribution >= 4 is 5.91 Å². The zero-order chi connectivity index (χ0) is 12.4. The van der Waals surface area contributed by atoms with Gasteiger partial charge in [0.05, 0.1) is 0 Å². The number of hydrogen-bond acceptors (Lipinski definition) is 3. The molecule has 0 bridgehead atoms. The number of phenolic OH excluding ortho intramolecular Hbond substituents is 1. The van der Waals surface area contributed by atoms with E-state index >= 15 is 0 Å². The maximum Gasteiger partial charge on any atom is 0.253 e. The normalized spacial score (nSPS) is 20.4. The molecule has 0 saturated carbocycles. The van der Waals surface area contributed by atoms with Crippen LogP contribution in [0.2, 0.25) is 0 Å². The van der Waals surface area contributed by atoms with Gasteiger partial charge in [-0.15, -0.1) is 0 Å². The van der Waals surface area contributed by atoms with Gasteiger partial charge < -0.3 is 15.7 Å². The molecule has 3 N–H and O–H groups in total. The van der Waals surface area contributed by atoms with Crippen LogP contribution in [0.1, 0.15) is 28.8 Å². The second kappa shape index (κ2) is 4.75. The van der Waals surface area contributed by atoms with Crippen LogP contribution in [0.25, 0.3) is 0 Å². The van der Waals surface area contributed by atoms with Gasteiger partial charge in [0, 0.05) is 24.7 Å². The summed E-state index contributed by atoms with van der Waals surface area (Å²) in [5.74, 6) is 0.222. The smallest absolute Gasteiger partial charge is 0.253 e. The number of amides is 1. The summed E-state index contributed by atoms with van der Waals surface area (Å²) < 4.78 is 0. The molecule has 17 heavy (non-hydrogen) atoms. The van der Waals surface area contributed by atoms with Crippen LogP contribution < -0.4 is 5.73 Å². The summed E-state index contributed by atoms with van der Waals surface area (Å²) in [6.07, 6.45) is 1.95. The third kappa shape index (κ3) is 2.58. The van der Waals surface area contributed by atoms with E-state index in [9.17, 15) is 9.90 Å². The lowest BCUT2D eigenvalue weighted by atomic mass is 10.0. The predicted octanol–water partition coefficient (Wildman–Crippen LogP) is 1.26. The molecule has 4 nitrogen and oxygen atoms in total. The van der Waals surface area contributed by atoms with E-state index in [1.165, 1.54) is 0 Å². The van der Waals surface area contributed by atoms with Crippen molar-refractivity contribution in [2.45, 2.75) is 25.8 Å². The highest BCUT2D eigenvalue weighted by Gasteiger charge is 2.22. The van der Waals surface area contributed by atoms with E-state index in [1.807, 2.05) is 0 Å². The summed E-state index contributed by atoms with van der Waals surface area (Å²) in [5, 5.41) is 9.43. The van der Waals surface area contributed by atoms with Gasteiger partial charge in [0.2, 0.25) is 0 Å². The summed E-state index contributed by atoms with van der Waals surface area (Å²) in [6, 6.07) is 5.03. The minimum Gasteiger partial charge on any atom is -0.508 e. The lowest BCUT2D eigenvalue weighted by Crippen LogP contribution is -2.45. The Labute approximate surface area is 101 Å². The molecule has 0 unspecified atom stereocenters. The first-order chi connectivity index (χ1) is 8.08. The Bertz CT molecular complexity index is 431. The Morgan fingerprint density at radius 3 is 2.94 bits per heavy atom. The van der Waals surface area contributed by atoms with Crippen LogP contribution in [0, 0.1) is 6.92 Å². The summed E-state index contributed by atoms with van der Waals surface area (Å²) in [6.45, 7) is 3.18. The second-order valence-electron chi connectivity index (χ2n) is 4.65. The molecule has 1 fully saturated rings. The number of piperidine rings is 1. The fraction of sp³-hybridized carbons (Fsp3) is 0.462. The third-order valence-electron chi connectivity index (χ3n) is 3.19. The van der Waals surface area contributed by atoms with Crippen molar-refractivity contribution in [1.29, 1.82) is 0 Å². The van der Waals surface area contributed by atoms with Gasteiger partial charge in [-0.25, -0.2) is 0 Å². The van der Waals surface area contributed by atoms with E-state index in [1.54, 1.807) is 30.0 Å². The SMILES string of the molecule is Cc1cc(C(=O)N2CCC[C@@H](N)C2)ccc1O. The van der Waals surface area contributed by atoms with Gasteiger partial charge in [0.25, 0.3) is 5.91 Å². The van der Waals surface area contributed by atoms with E-state index in [4.69, 9.17) is 5.73 Å². The Balaban J connectivity index is 2.15. The lowest BCUT2D eigenvalue weighted by Gasteiger charge is -2.30. The van der Waals surface area contributed by atoms with Gasteiger partial charge in [-0.2, -0.15) is 0 Å². The number of carbonyl (C=O) groups is 1. The van der Waals surface area contributed by atoms with Crippen molar-refractivity contribution in [3.63, 3.8) is 0 Å². The monoisotopic (exact) mass is 234 g/mol. The van der Waals surface area contributed by atoms with Gasteiger partial charge in [0.15, 0.2) is 0 Å². The molecule has 1 amide bonds. The molecule has 0 radical (unpaired) electrons. The summed E-state index contributed by atoms with van der Waals surface area (Å²) in [7, 11) is 0. The van der Waals surface area contributed by atoms with E-state index in [0.717, 1.165) is 24.9 Å². The Morgan fingerprint density at radius 2 is 2.29 bits per heavy atom. The number of likely N-dealkylation sites (tertiary alicyclic amines) is 1. The number of nitrogens with two attached hydrogens (primary N) is 1. The second-order valence-corrected chi connectivity index (χ2v) is 4.65. The maximum absolute atomic E-state index is 12.2. The van der Waals surface area contributed by atoms with E-state index in [2.05, 4.69) is 0 Å². The molecule has 1 heterocycles. The van der Waals surface area contributed by atoms with Crippen LogP contribution in [-0.4, -0.2) is 35.0 Å². The maximum atomic E-state index is 12.2. The molecule has 4 heteroatoms. The molecule has 1 aliphatic rings. The van der Waals surface area contributed by atoms with Crippen LogP contribution in [0.4, 0.5) is 0 Å². The highest BCUT2D eigenvalue weighted by atomic mass is 16.3. The highest BCUT2D eigenvalue weighted by molar-refractivity contribution is 5.94. The summed E-state index contributed by atoms with van der Waals surface area (Å²) in [5.41, 5.74) is 7.20. The van der Waals surface area contributed by atoms with Gasteiger partial charge >= 0.3 is 0 Å². The van der Waals surface area contributed by atoms with Crippen molar-refractivity contribution in [3.8, 4) is 5.75 Å². The minimum absolute atomic E-state index is 0.00301. The number of aryl methyl sites for hydroxylation is 1. The van der Waals surface area contributed by atoms with E-state index < -0.39 is 0 Å². The molecule has 1 aliphatic heterocycles. The minimum atomic E-state index is 0.00301. The highest BCUT2D eigenvalue weighted by Crippen LogP contribution is 2.19. The van der Waals surface area contributed by atoms with Gasteiger partial charge in [0.1, 0.15) is 5.75 Å². The first-order valence-corrected chi connectivity index (χ1v) is 5.92. The number of benzene rings is 1. The number of aromatic hydroxyl groups is 1. The predicted molar refractivity (Wildman–Crippen MR) is 66.0 cm³/mol. The fourth-order valence-corrected chi connectivity index (χ4v) is 2.17. The quantitative estimate of drug-likeness (QED) is 0.769. The van der Waals surface area contributed by atoms with Gasteiger partial charge in [-0.05, 0) is 43.5 Å². The number of carbonyl (C=O) groups excluding carboxylic acids is 1. The van der Waals surface area contributed by atoms with Crippen molar-refractivity contribution in [1.82, 2.24) is 4.90 Å². The van der Waals surface area contributed by atoms with Crippen LogP contribution in [0.5, 0.6) is 5.75 Å². The largest absolute Gasteiger partial charge is 0.508 e. The van der Waals surface area contributed by atoms with Crippen molar-refractivity contribution in [2.24, 2.45) is 5.73 Å². The Hall–Kier alpha value is -1.55. The molecule has 1 aromatic rings. The van der Waals surface area contributed by atoms with Gasteiger partial charge in [-0.3, -0.25) is 4.79 Å². The fourth-order valence-electron chi connectivity index (χ4n) is 2.17. The van der Waals surface area contributed by atoms with Crippen LogP contribution in [0.3, 0.4) is 0 Å². The molecule has 1 aromatic carbocycles. The zero-order valence-corrected chi connectivity index (χ0v) is 10.0. The van der Waals surface area contributed by atoms with E-state index in [0.29, 0.717) is 12.1 Å². The summed E-state index contributed by atoms with van der Waals surface area (Å²) >= 11 is 0. The third-order valence-corrected chi connectivity index (χ3v) is 3.19. The Kier molecular flexibility index (Phi) is 3.33.